The largest absolute Gasteiger partial charge is 0.481 e. The van der Waals surface area contributed by atoms with E-state index in [0.29, 0.717) is 11.1 Å². The molecule has 0 spiro atoms. The maximum Gasteiger partial charge on any atom is 0.305 e. The summed E-state index contributed by atoms with van der Waals surface area (Å²) in [6, 6.07) is 8.61. The molecular formula is C21H24FO5P. The van der Waals surface area contributed by atoms with Gasteiger partial charge in [0.1, 0.15) is 5.82 Å². The Morgan fingerprint density at radius 1 is 1.18 bits per heavy atom. The number of benzene rings is 2. The number of halogens is 1. The molecule has 2 atom stereocenters. The van der Waals surface area contributed by atoms with Crippen molar-refractivity contribution in [2.24, 2.45) is 0 Å². The van der Waals surface area contributed by atoms with E-state index in [1.54, 1.807) is 19.1 Å². The molecule has 3 N–H and O–H groups in total. The predicted molar refractivity (Wildman–Crippen MR) is 108 cm³/mol. The Bertz CT molecular complexity index is 968. The molecule has 2 aromatic carbocycles. The van der Waals surface area contributed by atoms with Crippen molar-refractivity contribution in [3.63, 3.8) is 0 Å². The molecule has 0 aliphatic heterocycles. The molecule has 0 bridgehead atoms. The third-order valence-corrected chi connectivity index (χ3v) is 5.92. The van der Waals surface area contributed by atoms with Crippen LogP contribution in [-0.2, 0) is 9.36 Å². The van der Waals surface area contributed by atoms with Gasteiger partial charge in [0.2, 0.25) is 7.37 Å². The Morgan fingerprint density at radius 3 is 2.46 bits per heavy atom. The average Bonchev–Trinajstić information content (AvgIpc) is 2.54. The Hall–Kier alpha value is -2.27. The number of hydrogen-bond acceptors (Lipinski definition) is 3. The minimum Gasteiger partial charge on any atom is -0.481 e. The molecule has 7 heteroatoms. The summed E-state index contributed by atoms with van der Waals surface area (Å²) in [7, 11) is -3.88. The van der Waals surface area contributed by atoms with Gasteiger partial charge in [-0.2, -0.15) is 0 Å². The van der Waals surface area contributed by atoms with E-state index in [1.165, 1.54) is 12.1 Å². The summed E-state index contributed by atoms with van der Waals surface area (Å²) in [6.07, 6.45) is -1.03. The van der Waals surface area contributed by atoms with Crippen LogP contribution in [0.3, 0.4) is 0 Å². The summed E-state index contributed by atoms with van der Waals surface area (Å²) in [6.45, 7) is 5.47. The average molecular weight is 406 g/mol. The molecule has 0 aromatic heterocycles. The number of carboxylic acid groups (broad SMARTS) is 1. The highest BCUT2D eigenvalue weighted by Crippen LogP contribution is 2.44. The quantitative estimate of drug-likeness (QED) is 0.589. The number of aliphatic hydroxyl groups is 1. The molecule has 0 aliphatic carbocycles. The lowest BCUT2D eigenvalue weighted by atomic mass is 9.93. The second-order valence-corrected chi connectivity index (χ2v) is 9.19. The van der Waals surface area contributed by atoms with Crippen LogP contribution in [-0.4, -0.2) is 33.3 Å². The first-order valence-corrected chi connectivity index (χ1v) is 10.7. The molecule has 2 rings (SSSR count). The molecule has 150 valence electrons. The van der Waals surface area contributed by atoms with E-state index >= 15 is 0 Å². The number of carbonyl (C=O) groups is 1. The van der Waals surface area contributed by atoms with Crippen molar-refractivity contribution in [1.82, 2.24) is 0 Å². The first kappa shape index (κ1) is 22.0. The number of aliphatic carboxylic acids is 1. The summed E-state index contributed by atoms with van der Waals surface area (Å²) < 4.78 is 26.0. The zero-order valence-electron chi connectivity index (χ0n) is 16.0. The summed E-state index contributed by atoms with van der Waals surface area (Å²) >= 11 is 0. The van der Waals surface area contributed by atoms with Gasteiger partial charge in [0.05, 0.1) is 18.7 Å². The molecule has 0 heterocycles. The van der Waals surface area contributed by atoms with Gasteiger partial charge in [0.25, 0.3) is 0 Å². The highest BCUT2D eigenvalue weighted by molar-refractivity contribution is 7.61. The Morgan fingerprint density at radius 2 is 1.86 bits per heavy atom. The first-order valence-electron chi connectivity index (χ1n) is 8.77. The minimum absolute atomic E-state index is 0.308. The van der Waals surface area contributed by atoms with E-state index < -0.39 is 32.0 Å². The molecule has 2 aromatic rings. The van der Waals surface area contributed by atoms with Gasteiger partial charge in [0, 0.05) is 5.82 Å². The van der Waals surface area contributed by atoms with Crippen molar-refractivity contribution in [3.8, 4) is 11.1 Å². The smallest absolute Gasteiger partial charge is 0.305 e. The van der Waals surface area contributed by atoms with Gasteiger partial charge in [-0.1, -0.05) is 23.8 Å². The second kappa shape index (κ2) is 8.82. The molecule has 0 aliphatic rings. The monoisotopic (exact) mass is 406 g/mol. The van der Waals surface area contributed by atoms with Gasteiger partial charge >= 0.3 is 5.97 Å². The molecular weight excluding hydrogens is 382 g/mol. The van der Waals surface area contributed by atoms with Crippen LogP contribution in [0.4, 0.5) is 4.39 Å². The van der Waals surface area contributed by atoms with Crippen molar-refractivity contribution >= 4 is 19.4 Å². The van der Waals surface area contributed by atoms with Crippen molar-refractivity contribution in [3.05, 3.63) is 64.2 Å². The zero-order chi connectivity index (χ0) is 21.1. The maximum absolute atomic E-state index is 13.6. The topological polar surface area (TPSA) is 94.8 Å². The van der Waals surface area contributed by atoms with Crippen LogP contribution in [0.2, 0.25) is 0 Å². The Balaban J connectivity index is 2.42. The van der Waals surface area contributed by atoms with E-state index in [0.717, 1.165) is 28.1 Å². The normalized spacial score (nSPS) is 14.8. The number of hydrogen-bond donors (Lipinski definition) is 3. The van der Waals surface area contributed by atoms with Crippen LogP contribution in [0.1, 0.15) is 28.7 Å². The van der Waals surface area contributed by atoms with E-state index in [4.69, 9.17) is 5.11 Å². The molecule has 28 heavy (non-hydrogen) atoms. The zero-order valence-corrected chi connectivity index (χ0v) is 16.9. The fourth-order valence-electron chi connectivity index (χ4n) is 3.07. The van der Waals surface area contributed by atoms with Gasteiger partial charge in [-0.15, -0.1) is 0 Å². The third kappa shape index (κ3) is 5.86. The maximum atomic E-state index is 13.6. The van der Waals surface area contributed by atoms with Crippen LogP contribution in [0.25, 0.3) is 17.2 Å². The Kier molecular flexibility index (Phi) is 6.94. The van der Waals surface area contributed by atoms with E-state index in [2.05, 4.69) is 0 Å². The highest BCUT2D eigenvalue weighted by atomic mass is 31.2. The second-order valence-electron chi connectivity index (χ2n) is 7.01. The number of aliphatic hydroxyl groups excluding tert-OH is 1. The standard InChI is InChI=1S/C21H24FO5P/c1-13-8-14(2)18(6-7-28(26,27)12-17(23)11-21(24)25)19(9-13)16-4-5-20(22)15(3)10-16/h4-10,17,23H,11-12H2,1-3H3,(H,24,25)(H,26,27)/t17-/m1/s1. The SMILES string of the molecule is Cc1cc(C)c(C=CP(=O)(O)C[C@H](O)CC(=O)O)c(-c2ccc(F)c(C)c2)c1. The van der Waals surface area contributed by atoms with Crippen LogP contribution in [0, 0.1) is 26.6 Å². The fraction of sp³-hybridized carbons (Fsp3) is 0.286. The molecule has 5 nitrogen and oxygen atoms in total. The van der Waals surface area contributed by atoms with Gasteiger partial charge in [-0.25, -0.2) is 4.39 Å². The predicted octanol–water partition coefficient (Wildman–Crippen LogP) is 4.49. The molecule has 1 unspecified atom stereocenters. The van der Waals surface area contributed by atoms with Crippen LogP contribution < -0.4 is 0 Å². The van der Waals surface area contributed by atoms with Gasteiger partial charge in [-0.05, 0) is 66.8 Å². The van der Waals surface area contributed by atoms with Crippen molar-refractivity contribution in [2.75, 3.05) is 6.16 Å². The third-order valence-electron chi connectivity index (χ3n) is 4.36. The fourth-order valence-corrected chi connectivity index (χ4v) is 4.31. The lowest BCUT2D eigenvalue weighted by Crippen LogP contribution is -2.16. The first-order chi connectivity index (χ1) is 13.0. The summed E-state index contributed by atoms with van der Waals surface area (Å²) in [4.78, 5) is 20.7. The Labute approximate surface area is 163 Å². The van der Waals surface area contributed by atoms with Crippen LogP contribution in [0.15, 0.2) is 36.1 Å². The number of aryl methyl sites for hydroxylation is 3. The molecule has 0 saturated carbocycles. The summed E-state index contributed by atoms with van der Waals surface area (Å²) in [5.41, 5.74) is 4.65. The summed E-state index contributed by atoms with van der Waals surface area (Å²) in [5, 5.41) is 18.3. The lowest BCUT2D eigenvalue weighted by Gasteiger charge is -2.14. The van der Waals surface area contributed by atoms with Crippen molar-refractivity contribution in [2.45, 2.75) is 33.3 Å². The summed E-state index contributed by atoms with van der Waals surface area (Å²) in [5.74, 6) is -0.423. The lowest BCUT2D eigenvalue weighted by molar-refractivity contribution is -0.138. The van der Waals surface area contributed by atoms with E-state index in [1.807, 2.05) is 26.0 Å². The molecule has 0 saturated heterocycles. The van der Waals surface area contributed by atoms with Crippen LogP contribution in [0.5, 0.6) is 0 Å². The van der Waals surface area contributed by atoms with Gasteiger partial charge in [0.15, 0.2) is 0 Å². The minimum atomic E-state index is -3.88. The van der Waals surface area contributed by atoms with E-state index in [9.17, 15) is 23.7 Å². The molecule has 0 amide bonds. The number of carboxylic acids is 1. The van der Waals surface area contributed by atoms with Crippen molar-refractivity contribution < 1.29 is 28.9 Å². The van der Waals surface area contributed by atoms with Gasteiger partial charge in [-0.3, -0.25) is 9.36 Å². The van der Waals surface area contributed by atoms with E-state index in [-0.39, 0.29) is 5.82 Å². The van der Waals surface area contributed by atoms with Gasteiger partial charge < -0.3 is 15.1 Å². The van der Waals surface area contributed by atoms with Crippen molar-refractivity contribution in [1.29, 1.82) is 0 Å². The molecule has 0 fully saturated rings. The van der Waals surface area contributed by atoms with Crippen LogP contribution >= 0.6 is 7.37 Å². The molecule has 0 radical (unpaired) electrons. The highest BCUT2D eigenvalue weighted by Gasteiger charge is 2.22. The number of rotatable bonds is 7.